The fraction of sp³-hybridized carbons (Fsp3) is 0.857. The average molecular weight is 364 g/mol. The molecule has 0 aliphatic heterocycles. The number of hydrogen-bond acceptors (Lipinski definition) is 1. The molecule has 0 heterocycles. The first-order valence-corrected chi connectivity index (χ1v) is 3.00. The number of hydrogen-bond donors (Lipinski definition) is 0. The Labute approximate surface area is 89.1 Å². The predicted octanol–water partition coefficient (Wildman–Crippen LogP) is 1.97. The maximum absolute atomic E-state index is 10.6. The van der Waals surface area contributed by atoms with E-state index in [0.29, 0.717) is 6.42 Å². The Kier molecular flexibility index (Phi) is 16.7. The summed E-state index contributed by atoms with van der Waals surface area (Å²) < 4.78 is 0. The van der Waals surface area contributed by atoms with E-state index in [-0.39, 0.29) is 50.1 Å². The number of rotatable bonds is 3. The van der Waals surface area contributed by atoms with Crippen LogP contribution in [0.4, 0.5) is 0 Å². The Hall–Kier alpha value is 0.787. The zero-order valence-corrected chi connectivity index (χ0v) is 10.1. The second-order valence-electron chi connectivity index (χ2n) is 1.83. The molecule has 0 saturated carbocycles. The van der Waals surface area contributed by atoms with Crippen LogP contribution in [0.15, 0.2) is 0 Å². The van der Waals surface area contributed by atoms with Crippen molar-refractivity contribution < 1.29 is 35.9 Å². The van der Waals surface area contributed by atoms with Gasteiger partial charge in [-0.1, -0.05) is 27.7 Å². The summed E-state index contributed by atoms with van der Waals surface area (Å²) in [6.07, 6.45) is 1.32. The fourth-order valence-corrected chi connectivity index (χ4v) is 0.490. The van der Waals surface area contributed by atoms with Crippen LogP contribution in [0.1, 0.15) is 34.1 Å². The van der Waals surface area contributed by atoms with E-state index in [1.807, 2.05) is 13.8 Å². The smallest absolute Gasteiger partial charge is 0.127 e. The molecule has 0 aromatic carbocycles. The molecule has 3 heteroatoms. The van der Waals surface area contributed by atoms with Crippen LogP contribution in [0.3, 0.4) is 0 Å². The molecule has 0 fully saturated rings. The number of carbonyl (C=O) groups excluding carboxylic acids is 1. The van der Waals surface area contributed by atoms with Gasteiger partial charge in [-0.05, 0) is 5.82 Å². The van der Waals surface area contributed by atoms with Gasteiger partial charge < -0.3 is 4.79 Å². The Bertz CT molecular complexity index is 85.7. The summed E-state index contributed by atoms with van der Waals surface area (Å²) in [5, 5.41) is 0. The van der Waals surface area contributed by atoms with Crippen LogP contribution in [0, 0.1) is 31.1 Å². The van der Waals surface area contributed by atoms with E-state index >= 15 is 0 Å². The van der Waals surface area contributed by atoms with Gasteiger partial charge in [0, 0.05) is 37.5 Å². The molecule has 0 aliphatic rings. The normalized spacial score (nSPS) is 10.6. The summed E-state index contributed by atoms with van der Waals surface area (Å²) >= 11 is 0. The molecule has 0 bridgehead atoms. The third kappa shape index (κ3) is 6.90. The van der Waals surface area contributed by atoms with Crippen LogP contribution in [-0.2, 0) is 4.79 Å². The van der Waals surface area contributed by atoms with Gasteiger partial charge in [-0.2, -0.15) is 0 Å². The van der Waals surface area contributed by atoms with Gasteiger partial charge in [-0.25, -0.2) is 0 Å². The first-order valence-electron chi connectivity index (χ1n) is 3.00. The maximum Gasteiger partial charge on any atom is 0.127 e. The number of Topliss-reactive ketones (excluding diaryl/α,β-unsaturated/α-hetero) is 1. The summed E-state index contributed by atoms with van der Waals surface area (Å²) in [4.78, 5) is 10.6. The molecule has 0 amide bonds. The minimum atomic E-state index is -0.222. The topological polar surface area (TPSA) is 17.1 Å². The second-order valence-corrected chi connectivity index (χ2v) is 1.83. The molecule has 1 unspecified atom stereocenters. The zero-order valence-electron chi connectivity index (χ0n) is 5.98. The van der Waals surface area contributed by atoms with Crippen molar-refractivity contribution in [1.29, 1.82) is 0 Å². The first kappa shape index (κ1) is 17.0. The van der Waals surface area contributed by atoms with Crippen molar-refractivity contribution in [2.24, 2.45) is 0 Å². The van der Waals surface area contributed by atoms with Crippen LogP contribution in [-0.4, -0.2) is 13.6 Å². The molecule has 0 N–H and O–H groups in total. The van der Waals surface area contributed by atoms with Crippen molar-refractivity contribution in [2.75, 3.05) is 0 Å². The van der Waals surface area contributed by atoms with Crippen LogP contribution < -0.4 is 0 Å². The van der Waals surface area contributed by atoms with Crippen LogP contribution in [0.5, 0.6) is 0 Å². The van der Waals surface area contributed by atoms with Crippen molar-refractivity contribution in [3.05, 3.63) is 0 Å². The standard InChI is InChI=1S/C6H11BO.CH4.U/c1-3-5(7)6(8)4-2;;/h5H,3-4H2,1-2H3;1H4;. The van der Waals surface area contributed by atoms with Crippen molar-refractivity contribution >= 4 is 13.6 Å². The summed E-state index contributed by atoms with van der Waals surface area (Å²) in [5.74, 6) is -0.0625. The van der Waals surface area contributed by atoms with E-state index in [0.717, 1.165) is 6.42 Å². The summed E-state index contributed by atoms with van der Waals surface area (Å²) in [7, 11) is 5.38. The van der Waals surface area contributed by atoms with Gasteiger partial charge in [0.05, 0.1) is 7.85 Å². The minimum Gasteiger partial charge on any atom is -0.300 e. The first-order chi connectivity index (χ1) is 3.72. The van der Waals surface area contributed by atoms with Crippen LogP contribution in [0.25, 0.3) is 0 Å². The molecule has 0 aliphatic carbocycles. The molecule has 0 rings (SSSR count). The van der Waals surface area contributed by atoms with Gasteiger partial charge in [0.2, 0.25) is 0 Å². The molecule has 1 nitrogen and oxygen atoms in total. The Morgan fingerprint density at radius 3 is 2.00 bits per heavy atom. The Morgan fingerprint density at radius 1 is 1.50 bits per heavy atom. The van der Waals surface area contributed by atoms with Gasteiger partial charge >= 0.3 is 0 Å². The van der Waals surface area contributed by atoms with Crippen molar-refractivity contribution in [2.45, 2.75) is 39.9 Å². The molecule has 0 aromatic rings. The monoisotopic (exact) mass is 364 g/mol. The van der Waals surface area contributed by atoms with Gasteiger partial charge in [0.25, 0.3) is 0 Å². The average Bonchev–Trinajstić information content (AvgIpc) is 1.84. The molecular weight excluding hydrogens is 349 g/mol. The Balaban J connectivity index is -0.000000245. The summed E-state index contributed by atoms with van der Waals surface area (Å²) in [6, 6.07) is 0. The molecule has 56 valence electrons. The molecule has 10 heavy (non-hydrogen) atoms. The van der Waals surface area contributed by atoms with Gasteiger partial charge in [0.1, 0.15) is 5.78 Å². The van der Waals surface area contributed by atoms with Crippen LogP contribution in [0.2, 0.25) is 5.82 Å². The van der Waals surface area contributed by atoms with E-state index in [1.54, 1.807) is 0 Å². The summed E-state index contributed by atoms with van der Waals surface area (Å²) in [6.45, 7) is 3.75. The molecule has 2 radical (unpaired) electrons. The third-order valence-corrected chi connectivity index (χ3v) is 1.20. The van der Waals surface area contributed by atoms with E-state index < -0.39 is 0 Å². The van der Waals surface area contributed by atoms with E-state index in [2.05, 4.69) is 0 Å². The largest absolute Gasteiger partial charge is 0.300 e. The van der Waals surface area contributed by atoms with Crippen molar-refractivity contribution in [3.8, 4) is 0 Å². The van der Waals surface area contributed by atoms with E-state index in [4.69, 9.17) is 7.85 Å². The molecular formula is C7H15BOU. The van der Waals surface area contributed by atoms with E-state index in [1.165, 1.54) is 0 Å². The quantitative estimate of drug-likeness (QED) is 0.700. The Morgan fingerprint density at radius 2 is 1.90 bits per heavy atom. The predicted molar refractivity (Wildman–Crippen MR) is 41.8 cm³/mol. The van der Waals surface area contributed by atoms with Gasteiger partial charge in [0.15, 0.2) is 0 Å². The summed E-state index contributed by atoms with van der Waals surface area (Å²) in [5.41, 5.74) is 0. The molecule has 0 spiro atoms. The zero-order chi connectivity index (χ0) is 6.57. The fourth-order valence-electron chi connectivity index (χ4n) is 0.490. The molecule has 0 saturated heterocycles. The number of carbonyl (C=O) groups is 1. The minimum absolute atomic E-state index is 0. The molecule has 1 atom stereocenters. The maximum atomic E-state index is 10.6. The van der Waals surface area contributed by atoms with Gasteiger partial charge in [-0.3, -0.25) is 0 Å². The number of ketones is 1. The van der Waals surface area contributed by atoms with Crippen LogP contribution >= 0.6 is 0 Å². The SMILES string of the molecule is C.[B]C(CC)C(=O)CC.[U]. The second kappa shape index (κ2) is 9.79. The molecule has 0 aromatic heterocycles. The van der Waals surface area contributed by atoms with Crippen molar-refractivity contribution in [3.63, 3.8) is 0 Å². The van der Waals surface area contributed by atoms with Crippen molar-refractivity contribution in [1.82, 2.24) is 0 Å². The van der Waals surface area contributed by atoms with Gasteiger partial charge in [-0.15, -0.1) is 0 Å². The third-order valence-electron chi connectivity index (χ3n) is 1.20. The van der Waals surface area contributed by atoms with E-state index in [9.17, 15) is 4.79 Å².